The van der Waals surface area contributed by atoms with Crippen LogP contribution in [0.3, 0.4) is 0 Å². The van der Waals surface area contributed by atoms with Crippen molar-refractivity contribution in [1.82, 2.24) is 4.98 Å². The van der Waals surface area contributed by atoms with Crippen LogP contribution in [-0.4, -0.2) is 24.4 Å². The van der Waals surface area contributed by atoms with Gasteiger partial charge in [0.2, 0.25) is 0 Å². The number of nitrogens with zero attached hydrogens (tertiary/aromatic N) is 1. The van der Waals surface area contributed by atoms with Crippen molar-refractivity contribution in [1.29, 1.82) is 0 Å². The Morgan fingerprint density at radius 3 is 2.60 bits per heavy atom. The minimum Gasteiger partial charge on any atom is -0.397 e. The van der Waals surface area contributed by atoms with Gasteiger partial charge < -0.3 is 10.5 Å². The first kappa shape index (κ1) is 17.6. The highest BCUT2D eigenvalue weighted by Gasteiger charge is 2.47. The van der Waals surface area contributed by atoms with E-state index in [0.717, 1.165) is 18.2 Å². The number of nitrogens with two attached hydrogens (primary N) is 1. The number of benzene rings is 1. The van der Waals surface area contributed by atoms with Crippen LogP contribution in [0, 0.1) is 17.6 Å². The van der Waals surface area contributed by atoms with Crippen molar-refractivity contribution >= 4 is 5.69 Å². The number of aromatic nitrogens is 1. The van der Waals surface area contributed by atoms with Crippen molar-refractivity contribution in [3.63, 3.8) is 0 Å². The number of pyridine rings is 1. The molecule has 1 aliphatic rings. The second kappa shape index (κ2) is 6.59. The molecule has 0 radical (unpaired) electrons. The van der Waals surface area contributed by atoms with Crippen LogP contribution in [0.15, 0.2) is 30.5 Å². The fourth-order valence-corrected chi connectivity index (χ4v) is 3.11. The fraction of sp³-hybridized carbons (Fsp3) is 0.353. The van der Waals surface area contributed by atoms with Gasteiger partial charge in [0, 0.05) is 29.8 Å². The van der Waals surface area contributed by atoms with E-state index in [4.69, 9.17) is 10.5 Å². The van der Waals surface area contributed by atoms with Gasteiger partial charge in [-0.05, 0) is 30.7 Å². The normalized spacial score (nSPS) is 21.3. The maximum absolute atomic E-state index is 14.0. The molecule has 2 N–H and O–H groups in total. The number of hydrogen-bond acceptors (Lipinski definition) is 3. The lowest BCUT2D eigenvalue weighted by molar-refractivity contribution is -0.206. The van der Waals surface area contributed by atoms with Crippen molar-refractivity contribution in [2.75, 3.05) is 18.9 Å². The van der Waals surface area contributed by atoms with E-state index in [1.807, 2.05) is 0 Å². The molecule has 3 rings (SSSR count). The predicted molar refractivity (Wildman–Crippen MR) is 81.7 cm³/mol. The molecule has 2 aromatic rings. The smallest absolute Gasteiger partial charge is 0.394 e. The molecule has 1 aliphatic heterocycles. The summed E-state index contributed by atoms with van der Waals surface area (Å²) in [5, 5.41) is 0. The molecule has 0 unspecified atom stereocenters. The van der Waals surface area contributed by atoms with Crippen molar-refractivity contribution < 1.29 is 26.7 Å². The highest BCUT2D eigenvalue weighted by atomic mass is 19.4. The van der Waals surface area contributed by atoms with Gasteiger partial charge in [-0.15, -0.1) is 0 Å². The Kier molecular flexibility index (Phi) is 4.64. The van der Waals surface area contributed by atoms with E-state index in [9.17, 15) is 22.0 Å². The largest absolute Gasteiger partial charge is 0.397 e. The molecule has 0 amide bonds. The minimum atomic E-state index is -4.47. The van der Waals surface area contributed by atoms with Crippen LogP contribution in [0.4, 0.5) is 27.6 Å². The fourth-order valence-electron chi connectivity index (χ4n) is 3.11. The van der Waals surface area contributed by atoms with Gasteiger partial charge >= 0.3 is 6.18 Å². The number of nitrogen functional groups attached to an aromatic ring is 1. The first-order valence-electron chi connectivity index (χ1n) is 7.63. The second-order valence-electron chi connectivity index (χ2n) is 5.90. The maximum Gasteiger partial charge on any atom is 0.394 e. The molecule has 2 atom stereocenters. The van der Waals surface area contributed by atoms with Crippen LogP contribution in [-0.2, 0) is 4.74 Å². The zero-order valence-electron chi connectivity index (χ0n) is 13.0. The second-order valence-corrected chi connectivity index (χ2v) is 5.90. The van der Waals surface area contributed by atoms with Gasteiger partial charge in [0.15, 0.2) is 0 Å². The summed E-state index contributed by atoms with van der Waals surface area (Å²) < 4.78 is 72.3. The first-order valence-corrected chi connectivity index (χ1v) is 7.63. The van der Waals surface area contributed by atoms with Crippen LogP contribution in [0.25, 0.3) is 11.1 Å². The third-order valence-electron chi connectivity index (χ3n) is 4.37. The Hall–Kier alpha value is -2.22. The molecule has 1 aromatic heterocycles. The Balaban J connectivity index is 2.08. The van der Waals surface area contributed by atoms with Crippen molar-refractivity contribution in [3.8, 4) is 11.1 Å². The van der Waals surface area contributed by atoms with Crippen molar-refractivity contribution in [2.24, 2.45) is 5.92 Å². The van der Waals surface area contributed by atoms with E-state index >= 15 is 0 Å². The molecule has 0 bridgehead atoms. The zero-order chi connectivity index (χ0) is 18.2. The Morgan fingerprint density at radius 1 is 1.12 bits per heavy atom. The molecule has 0 aliphatic carbocycles. The van der Waals surface area contributed by atoms with Gasteiger partial charge in [-0.3, -0.25) is 4.98 Å². The molecule has 8 heteroatoms. The average molecular weight is 358 g/mol. The summed E-state index contributed by atoms with van der Waals surface area (Å²) >= 11 is 0. The van der Waals surface area contributed by atoms with Crippen LogP contribution in [0.5, 0.6) is 0 Å². The number of anilines is 1. The minimum absolute atomic E-state index is 0.0341. The number of rotatable bonds is 2. The van der Waals surface area contributed by atoms with Crippen LogP contribution in [0.2, 0.25) is 0 Å². The molecule has 1 saturated heterocycles. The van der Waals surface area contributed by atoms with E-state index in [1.54, 1.807) is 0 Å². The van der Waals surface area contributed by atoms with E-state index < -0.39 is 36.3 Å². The molecule has 1 aromatic carbocycles. The number of ether oxygens (including phenoxy) is 1. The molecule has 2 heterocycles. The van der Waals surface area contributed by atoms with Gasteiger partial charge in [0.1, 0.15) is 11.6 Å². The molecular formula is C17H15F5N2O. The predicted octanol–water partition coefficient (Wildman–Crippen LogP) is 4.29. The molecular weight excluding hydrogens is 343 g/mol. The summed E-state index contributed by atoms with van der Waals surface area (Å²) in [6.07, 6.45) is -3.12. The number of halogens is 5. The molecule has 3 nitrogen and oxygen atoms in total. The Morgan fingerprint density at radius 2 is 1.88 bits per heavy atom. The number of alkyl halides is 3. The molecule has 1 fully saturated rings. The SMILES string of the molecule is Nc1c(-c2cc(F)ccc2F)ccnc1[C@@H]1CCOC[C@H]1C(F)(F)F. The lowest BCUT2D eigenvalue weighted by atomic mass is 9.83. The molecule has 0 spiro atoms. The summed E-state index contributed by atoms with van der Waals surface area (Å²) in [6, 6.07) is 4.21. The quantitative estimate of drug-likeness (QED) is 0.815. The monoisotopic (exact) mass is 358 g/mol. The first-order chi connectivity index (χ1) is 11.8. The van der Waals surface area contributed by atoms with E-state index in [-0.39, 0.29) is 35.5 Å². The Labute approximate surface area is 140 Å². The van der Waals surface area contributed by atoms with Crippen molar-refractivity contribution in [2.45, 2.75) is 18.5 Å². The summed E-state index contributed by atoms with van der Waals surface area (Å²) in [4.78, 5) is 4.01. The summed E-state index contributed by atoms with van der Waals surface area (Å²) in [5.74, 6) is -4.13. The molecule has 25 heavy (non-hydrogen) atoms. The lowest BCUT2D eigenvalue weighted by Crippen LogP contribution is -2.37. The summed E-state index contributed by atoms with van der Waals surface area (Å²) in [6.45, 7) is -0.329. The van der Waals surface area contributed by atoms with Gasteiger partial charge in [-0.1, -0.05) is 0 Å². The molecule has 134 valence electrons. The van der Waals surface area contributed by atoms with Gasteiger partial charge in [0.25, 0.3) is 0 Å². The average Bonchev–Trinajstić information content (AvgIpc) is 2.57. The summed E-state index contributed by atoms with van der Waals surface area (Å²) in [7, 11) is 0. The standard InChI is InChI=1S/C17H15F5N2O/c18-9-1-2-14(19)12(7-9)10-3-5-24-16(15(10)23)11-4-6-25-8-13(11)17(20,21)22/h1-3,5,7,11,13H,4,6,8,23H2/t11-,13-/m1/s1. The van der Waals surface area contributed by atoms with Crippen LogP contribution < -0.4 is 5.73 Å². The zero-order valence-corrected chi connectivity index (χ0v) is 13.0. The van der Waals surface area contributed by atoms with Gasteiger partial charge in [0.05, 0.1) is 23.9 Å². The van der Waals surface area contributed by atoms with E-state index in [2.05, 4.69) is 4.98 Å². The van der Waals surface area contributed by atoms with Crippen molar-refractivity contribution in [3.05, 3.63) is 47.8 Å². The topological polar surface area (TPSA) is 48.1 Å². The highest BCUT2D eigenvalue weighted by molar-refractivity contribution is 5.78. The Bertz CT molecular complexity index is 778. The maximum atomic E-state index is 14.0. The summed E-state index contributed by atoms with van der Waals surface area (Å²) in [5.41, 5.74) is 5.97. The van der Waals surface area contributed by atoms with Gasteiger partial charge in [-0.25, -0.2) is 8.78 Å². The highest BCUT2D eigenvalue weighted by Crippen LogP contribution is 2.44. The third-order valence-corrected chi connectivity index (χ3v) is 4.37. The van der Waals surface area contributed by atoms with Crippen LogP contribution in [0.1, 0.15) is 18.0 Å². The van der Waals surface area contributed by atoms with E-state index in [1.165, 1.54) is 12.3 Å². The van der Waals surface area contributed by atoms with Crippen LogP contribution >= 0.6 is 0 Å². The third kappa shape index (κ3) is 3.44. The number of hydrogen-bond donors (Lipinski definition) is 1. The lowest BCUT2D eigenvalue weighted by Gasteiger charge is -2.33. The van der Waals surface area contributed by atoms with E-state index in [0.29, 0.717) is 0 Å². The van der Waals surface area contributed by atoms with Gasteiger partial charge in [-0.2, -0.15) is 13.2 Å². The molecule has 0 saturated carbocycles.